The molecule has 0 aliphatic heterocycles. The van der Waals surface area contributed by atoms with Crippen molar-refractivity contribution in [1.82, 2.24) is 0 Å². The van der Waals surface area contributed by atoms with Gasteiger partial charge in [-0.3, -0.25) is 0 Å². The molecule has 0 rings (SSSR count). The average molecular weight is 224 g/mol. The number of esters is 2. The first-order chi connectivity index (χ1) is 7.34. The molecule has 4 nitrogen and oxygen atoms in total. The van der Waals surface area contributed by atoms with E-state index in [1.54, 1.807) is 13.8 Å². The van der Waals surface area contributed by atoms with Gasteiger partial charge in [-0.1, -0.05) is 19.7 Å². The third-order valence-electron chi connectivity index (χ3n) is 1.39. The molecule has 0 spiro atoms. The summed E-state index contributed by atoms with van der Waals surface area (Å²) < 4.78 is 9.46. The highest BCUT2D eigenvalue weighted by atomic mass is 16.6. The smallest absolute Gasteiger partial charge is 0.345 e. The van der Waals surface area contributed by atoms with Crippen molar-refractivity contribution in [1.29, 1.82) is 0 Å². The Balaban J connectivity index is 4.12. The van der Waals surface area contributed by atoms with Crippen LogP contribution in [0.25, 0.3) is 0 Å². The lowest BCUT2D eigenvalue weighted by molar-refractivity contribution is -0.146. The quantitative estimate of drug-likeness (QED) is 0.227. The van der Waals surface area contributed by atoms with Gasteiger partial charge in [0.15, 0.2) is 0 Å². The topological polar surface area (TPSA) is 52.6 Å². The average Bonchev–Trinajstić information content (AvgIpc) is 2.21. The fraction of sp³-hybridized carbons (Fsp3) is 0.333. The standard InChI is InChI=1S/C12H16O4/c1-8(2)6-15-11(13)10(5)12(14)16-7-9(3)4/h1,3,5-7H2,2,4H3. The summed E-state index contributed by atoms with van der Waals surface area (Å²) in [7, 11) is 0. The van der Waals surface area contributed by atoms with Crippen molar-refractivity contribution in [2.45, 2.75) is 13.8 Å². The van der Waals surface area contributed by atoms with Crippen molar-refractivity contribution in [2.24, 2.45) is 0 Å². The van der Waals surface area contributed by atoms with E-state index in [1.165, 1.54) is 0 Å². The molecule has 88 valence electrons. The predicted molar refractivity (Wildman–Crippen MR) is 60.7 cm³/mol. The van der Waals surface area contributed by atoms with Crippen LogP contribution in [0.15, 0.2) is 36.5 Å². The van der Waals surface area contributed by atoms with Crippen LogP contribution >= 0.6 is 0 Å². The lowest BCUT2D eigenvalue weighted by Crippen LogP contribution is -2.18. The summed E-state index contributed by atoms with van der Waals surface area (Å²) in [6.07, 6.45) is 0. The summed E-state index contributed by atoms with van der Waals surface area (Å²) in [4.78, 5) is 22.5. The maximum Gasteiger partial charge on any atom is 0.345 e. The third kappa shape index (κ3) is 5.80. The largest absolute Gasteiger partial charge is 0.457 e. The minimum Gasteiger partial charge on any atom is -0.457 e. The number of hydrogen-bond acceptors (Lipinski definition) is 4. The van der Waals surface area contributed by atoms with Crippen LogP contribution in [0.3, 0.4) is 0 Å². The molecule has 4 heteroatoms. The molecule has 0 radical (unpaired) electrons. The molecular weight excluding hydrogens is 208 g/mol. The number of rotatable bonds is 6. The zero-order chi connectivity index (χ0) is 12.7. The molecule has 0 amide bonds. The van der Waals surface area contributed by atoms with Gasteiger partial charge in [0.05, 0.1) is 0 Å². The highest BCUT2D eigenvalue weighted by Gasteiger charge is 2.18. The van der Waals surface area contributed by atoms with E-state index in [2.05, 4.69) is 19.7 Å². The van der Waals surface area contributed by atoms with E-state index in [4.69, 9.17) is 9.47 Å². The summed E-state index contributed by atoms with van der Waals surface area (Å²) >= 11 is 0. The van der Waals surface area contributed by atoms with Crippen molar-refractivity contribution in [2.75, 3.05) is 13.2 Å². The van der Waals surface area contributed by atoms with Gasteiger partial charge in [-0.05, 0) is 25.0 Å². The van der Waals surface area contributed by atoms with Gasteiger partial charge in [-0.25, -0.2) is 9.59 Å². The zero-order valence-corrected chi connectivity index (χ0v) is 9.67. The monoisotopic (exact) mass is 224 g/mol. The van der Waals surface area contributed by atoms with E-state index in [9.17, 15) is 9.59 Å². The molecule has 0 atom stereocenters. The maximum absolute atomic E-state index is 11.2. The van der Waals surface area contributed by atoms with Crippen LogP contribution in [-0.2, 0) is 19.1 Å². The molecule has 16 heavy (non-hydrogen) atoms. The molecule has 0 bridgehead atoms. The number of carbonyl (C=O) groups excluding carboxylic acids is 2. The molecule has 0 N–H and O–H groups in total. The van der Waals surface area contributed by atoms with Crippen LogP contribution < -0.4 is 0 Å². The summed E-state index contributed by atoms with van der Waals surface area (Å²) in [6, 6.07) is 0. The second kappa shape index (κ2) is 6.61. The van der Waals surface area contributed by atoms with Crippen LogP contribution in [0.1, 0.15) is 13.8 Å². The van der Waals surface area contributed by atoms with Gasteiger partial charge < -0.3 is 9.47 Å². The first-order valence-corrected chi connectivity index (χ1v) is 4.66. The van der Waals surface area contributed by atoms with Gasteiger partial charge in [-0.15, -0.1) is 0 Å². The van der Waals surface area contributed by atoms with E-state index in [1.807, 2.05) is 0 Å². The van der Waals surface area contributed by atoms with Gasteiger partial charge in [-0.2, -0.15) is 0 Å². The van der Waals surface area contributed by atoms with Crippen LogP contribution in [0.4, 0.5) is 0 Å². The second-order valence-electron chi connectivity index (χ2n) is 3.55. The Labute approximate surface area is 95.2 Å². The molecule has 0 unspecified atom stereocenters. The van der Waals surface area contributed by atoms with Crippen molar-refractivity contribution < 1.29 is 19.1 Å². The van der Waals surface area contributed by atoms with Gasteiger partial charge in [0, 0.05) is 0 Å². The normalized spacial score (nSPS) is 9.12. The Kier molecular flexibility index (Phi) is 5.85. The van der Waals surface area contributed by atoms with E-state index in [0.717, 1.165) is 0 Å². The summed E-state index contributed by atoms with van der Waals surface area (Å²) in [5, 5.41) is 0. The molecular formula is C12H16O4. The summed E-state index contributed by atoms with van der Waals surface area (Å²) in [5.74, 6) is -1.59. The van der Waals surface area contributed by atoms with Crippen molar-refractivity contribution in [3.63, 3.8) is 0 Å². The minimum absolute atomic E-state index is 0.0611. The van der Waals surface area contributed by atoms with E-state index in [-0.39, 0.29) is 18.8 Å². The summed E-state index contributed by atoms with van der Waals surface area (Å²) in [6.45, 7) is 13.9. The van der Waals surface area contributed by atoms with Crippen LogP contribution in [0.5, 0.6) is 0 Å². The molecule has 0 aliphatic carbocycles. The van der Waals surface area contributed by atoms with Crippen LogP contribution in [0.2, 0.25) is 0 Å². The van der Waals surface area contributed by atoms with Crippen LogP contribution in [-0.4, -0.2) is 25.2 Å². The zero-order valence-electron chi connectivity index (χ0n) is 9.67. The first kappa shape index (κ1) is 14.2. The lowest BCUT2D eigenvalue weighted by atomic mass is 10.3. The van der Waals surface area contributed by atoms with Gasteiger partial charge in [0.2, 0.25) is 0 Å². The molecule has 0 aromatic carbocycles. The Bertz CT molecular complexity index is 307. The van der Waals surface area contributed by atoms with Gasteiger partial charge in [0.25, 0.3) is 0 Å². The number of ether oxygens (including phenoxy) is 2. The Hall–Kier alpha value is -1.84. The Morgan fingerprint density at radius 3 is 1.44 bits per heavy atom. The fourth-order valence-electron chi connectivity index (χ4n) is 0.635. The van der Waals surface area contributed by atoms with Crippen molar-refractivity contribution in [3.05, 3.63) is 36.5 Å². The Morgan fingerprint density at radius 2 is 1.19 bits per heavy atom. The first-order valence-electron chi connectivity index (χ1n) is 4.66. The molecule has 0 saturated heterocycles. The minimum atomic E-state index is -0.797. The van der Waals surface area contributed by atoms with Crippen LogP contribution in [0, 0.1) is 0 Å². The van der Waals surface area contributed by atoms with E-state index in [0.29, 0.717) is 11.1 Å². The van der Waals surface area contributed by atoms with Crippen molar-refractivity contribution in [3.8, 4) is 0 Å². The number of carbonyl (C=O) groups is 2. The third-order valence-corrected chi connectivity index (χ3v) is 1.39. The Morgan fingerprint density at radius 1 is 0.875 bits per heavy atom. The highest BCUT2D eigenvalue weighted by Crippen LogP contribution is 2.01. The molecule has 0 aliphatic rings. The van der Waals surface area contributed by atoms with E-state index >= 15 is 0 Å². The SMILES string of the molecule is C=C(C)COC(=O)C(=C)C(=O)OCC(=C)C. The van der Waals surface area contributed by atoms with Crippen molar-refractivity contribution >= 4 is 11.9 Å². The van der Waals surface area contributed by atoms with E-state index < -0.39 is 11.9 Å². The van der Waals surface area contributed by atoms with Gasteiger partial charge in [0.1, 0.15) is 18.8 Å². The lowest BCUT2D eigenvalue weighted by Gasteiger charge is -2.07. The molecule has 0 heterocycles. The molecule has 0 aromatic heterocycles. The fourth-order valence-corrected chi connectivity index (χ4v) is 0.635. The number of hydrogen-bond donors (Lipinski definition) is 0. The van der Waals surface area contributed by atoms with Gasteiger partial charge >= 0.3 is 11.9 Å². The summed E-state index contributed by atoms with van der Waals surface area (Å²) in [5.41, 5.74) is 1.02. The molecule has 0 aromatic rings. The maximum atomic E-state index is 11.2. The molecule has 0 fully saturated rings. The predicted octanol–water partition coefficient (Wildman–Crippen LogP) is 1.78. The molecule has 0 saturated carbocycles. The second-order valence-corrected chi connectivity index (χ2v) is 3.55. The highest BCUT2D eigenvalue weighted by molar-refractivity contribution is 6.13.